The molecule has 0 saturated carbocycles. The molecule has 0 saturated heterocycles. The van der Waals surface area contributed by atoms with E-state index in [-0.39, 0.29) is 23.2 Å². The molecule has 7 heteroatoms. The highest BCUT2D eigenvalue weighted by atomic mass is 32.2. The lowest BCUT2D eigenvalue weighted by atomic mass is 9.84. The Labute approximate surface area is 159 Å². The minimum atomic E-state index is -3.75. The zero-order valence-corrected chi connectivity index (χ0v) is 16.3. The van der Waals surface area contributed by atoms with Gasteiger partial charge in [-0.25, -0.2) is 0 Å². The maximum Gasteiger partial charge on any atom is 0.306 e. The van der Waals surface area contributed by atoms with Gasteiger partial charge >= 0.3 is 10.1 Å². The highest BCUT2D eigenvalue weighted by Gasteiger charge is 2.27. The van der Waals surface area contributed by atoms with Crippen LogP contribution in [0.4, 0.5) is 0 Å². The van der Waals surface area contributed by atoms with Crippen LogP contribution in [0.2, 0.25) is 0 Å². The predicted octanol–water partition coefficient (Wildman–Crippen LogP) is 2.67. The first-order valence-corrected chi connectivity index (χ1v) is 10.9. The maximum absolute atomic E-state index is 11.7. The largest absolute Gasteiger partial charge is 0.508 e. The van der Waals surface area contributed by atoms with Gasteiger partial charge in [0.15, 0.2) is 11.5 Å². The number of fused-ring (bicyclic) bond motifs is 1. The van der Waals surface area contributed by atoms with E-state index < -0.39 is 10.1 Å². The Morgan fingerprint density at radius 1 is 1.22 bits per heavy atom. The van der Waals surface area contributed by atoms with Gasteiger partial charge in [-0.1, -0.05) is 25.5 Å². The van der Waals surface area contributed by atoms with Crippen molar-refractivity contribution < 1.29 is 22.8 Å². The SMILES string of the molecule is CCCc1c2c(cc(O)c1OS(C)(=O)=O)C(c1ccc(O)cc1)CNCC2. The number of aromatic hydroxyl groups is 2. The zero-order chi connectivity index (χ0) is 19.6. The highest BCUT2D eigenvalue weighted by molar-refractivity contribution is 7.86. The second kappa shape index (κ2) is 7.78. The van der Waals surface area contributed by atoms with Crippen molar-refractivity contribution in [3.8, 4) is 17.2 Å². The maximum atomic E-state index is 11.7. The van der Waals surface area contributed by atoms with Crippen LogP contribution in [0.3, 0.4) is 0 Å². The second-order valence-corrected chi connectivity index (χ2v) is 8.48. The second-order valence-electron chi connectivity index (χ2n) is 6.91. The van der Waals surface area contributed by atoms with E-state index in [2.05, 4.69) is 5.32 Å². The quantitative estimate of drug-likeness (QED) is 0.678. The summed E-state index contributed by atoms with van der Waals surface area (Å²) in [5.74, 6) is 0.0709. The Hall–Kier alpha value is -2.25. The van der Waals surface area contributed by atoms with E-state index in [4.69, 9.17) is 4.18 Å². The summed E-state index contributed by atoms with van der Waals surface area (Å²) in [7, 11) is -3.75. The van der Waals surface area contributed by atoms with Crippen LogP contribution in [0.1, 0.15) is 41.5 Å². The van der Waals surface area contributed by atoms with Crippen LogP contribution in [0.15, 0.2) is 30.3 Å². The standard InChI is InChI=1S/C20H25NO5S/c1-3-4-16-15-9-10-21-12-18(13-5-7-14(22)8-6-13)17(15)11-19(23)20(16)26-27(2,24)25/h5-8,11,18,21-23H,3-4,9-10,12H2,1-2H3. The summed E-state index contributed by atoms with van der Waals surface area (Å²) >= 11 is 0. The molecule has 1 unspecified atom stereocenters. The van der Waals surface area contributed by atoms with Crippen LogP contribution in [0.5, 0.6) is 17.2 Å². The van der Waals surface area contributed by atoms with Crippen molar-refractivity contribution in [1.82, 2.24) is 5.32 Å². The van der Waals surface area contributed by atoms with E-state index in [1.807, 2.05) is 19.1 Å². The minimum Gasteiger partial charge on any atom is -0.508 e. The molecule has 0 amide bonds. The number of rotatable bonds is 5. The highest BCUT2D eigenvalue weighted by Crippen LogP contribution is 2.42. The van der Waals surface area contributed by atoms with Crippen LogP contribution in [0.25, 0.3) is 0 Å². The first kappa shape index (κ1) is 19.5. The summed E-state index contributed by atoms with van der Waals surface area (Å²) in [6.45, 7) is 3.45. The van der Waals surface area contributed by atoms with Crippen LogP contribution in [0, 0.1) is 0 Å². The average Bonchev–Trinajstić information content (AvgIpc) is 2.80. The lowest BCUT2D eigenvalue weighted by Gasteiger charge is -2.23. The van der Waals surface area contributed by atoms with Gasteiger partial charge in [-0.2, -0.15) is 8.42 Å². The number of hydrogen-bond acceptors (Lipinski definition) is 6. The fourth-order valence-electron chi connectivity index (χ4n) is 3.70. The predicted molar refractivity (Wildman–Crippen MR) is 104 cm³/mol. The van der Waals surface area contributed by atoms with Crippen molar-refractivity contribution in [3.05, 3.63) is 52.6 Å². The number of phenolic OH excluding ortho intramolecular Hbond substituents is 2. The molecule has 0 aromatic heterocycles. The molecule has 2 aromatic rings. The molecular weight excluding hydrogens is 366 g/mol. The number of nitrogens with one attached hydrogen (secondary N) is 1. The van der Waals surface area contributed by atoms with Gasteiger partial charge in [-0.3, -0.25) is 0 Å². The third-order valence-electron chi connectivity index (χ3n) is 4.82. The number of hydrogen-bond donors (Lipinski definition) is 3. The molecule has 2 aromatic carbocycles. The Morgan fingerprint density at radius 3 is 2.56 bits per heavy atom. The number of phenols is 2. The van der Waals surface area contributed by atoms with E-state index in [1.165, 1.54) is 0 Å². The first-order valence-electron chi connectivity index (χ1n) is 9.07. The molecular formula is C20H25NO5S. The van der Waals surface area contributed by atoms with Gasteiger partial charge in [0.05, 0.1) is 6.26 Å². The van der Waals surface area contributed by atoms with Crippen molar-refractivity contribution in [1.29, 1.82) is 0 Å². The van der Waals surface area contributed by atoms with Gasteiger partial charge in [0.25, 0.3) is 0 Å². The Balaban J connectivity index is 2.18. The molecule has 0 aliphatic carbocycles. The summed E-state index contributed by atoms with van der Waals surface area (Å²) in [5, 5.41) is 23.6. The van der Waals surface area contributed by atoms with Crippen molar-refractivity contribution in [2.45, 2.75) is 32.1 Å². The van der Waals surface area contributed by atoms with Gasteiger partial charge in [0, 0.05) is 18.0 Å². The van der Waals surface area contributed by atoms with Crippen molar-refractivity contribution >= 4 is 10.1 Å². The lowest BCUT2D eigenvalue weighted by molar-refractivity contribution is 0.425. The fraction of sp³-hybridized carbons (Fsp3) is 0.400. The van der Waals surface area contributed by atoms with Crippen LogP contribution in [-0.2, 0) is 23.0 Å². The molecule has 0 bridgehead atoms. The Morgan fingerprint density at radius 2 is 1.93 bits per heavy atom. The molecule has 6 nitrogen and oxygen atoms in total. The van der Waals surface area contributed by atoms with Crippen LogP contribution in [-0.4, -0.2) is 38.0 Å². The molecule has 3 rings (SSSR count). The van der Waals surface area contributed by atoms with E-state index in [9.17, 15) is 18.6 Å². The molecule has 0 fully saturated rings. The molecule has 1 heterocycles. The number of benzene rings is 2. The van der Waals surface area contributed by atoms with E-state index in [0.29, 0.717) is 13.0 Å². The molecule has 146 valence electrons. The lowest BCUT2D eigenvalue weighted by Crippen LogP contribution is -2.20. The van der Waals surface area contributed by atoms with E-state index in [0.717, 1.165) is 47.9 Å². The first-order chi connectivity index (χ1) is 12.8. The molecule has 3 N–H and O–H groups in total. The van der Waals surface area contributed by atoms with Gasteiger partial charge < -0.3 is 19.7 Å². The zero-order valence-electron chi connectivity index (χ0n) is 15.5. The minimum absolute atomic E-state index is 0.0168. The van der Waals surface area contributed by atoms with Crippen LogP contribution >= 0.6 is 0 Å². The van der Waals surface area contributed by atoms with Gasteiger partial charge in [0.2, 0.25) is 0 Å². The van der Waals surface area contributed by atoms with E-state index in [1.54, 1.807) is 18.2 Å². The molecule has 1 atom stereocenters. The van der Waals surface area contributed by atoms with Crippen molar-refractivity contribution in [2.75, 3.05) is 19.3 Å². The Bertz CT molecular complexity index is 922. The summed E-state index contributed by atoms with van der Waals surface area (Å²) in [4.78, 5) is 0. The van der Waals surface area contributed by atoms with Crippen LogP contribution < -0.4 is 9.50 Å². The normalized spacial score (nSPS) is 17.2. The monoisotopic (exact) mass is 391 g/mol. The summed E-state index contributed by atoms with van der Waals surface area (Å²) in [5.41, 5.74) is 3.76. The average molecular weight is 391 g/mol. The molecule has 0 radical (unpaired) electrons. The van der Waals surface area contributed by atoms with Gasteiger partial charge in [-0.05, 0) is 54.3 Å². The molecule has 1 aliphatic rings. The third kappa shape index (κ3) is 4.36. The summed E-state index contributed by atoms with van der Waals surface area (Å²) in [6, 6.07) is 8.66. The Kier molecular flexibility index (Phi) is 5.62. The fourth-order valence-corrected chi connectivity index (χ4v) is 4.19. The smallest absolute Gasteiger partial charge is 0.306 e. The molecule has 1 aliphatic heterocycles. The van der Waals surface area contributed by atoms with Gasteiger partial charge in [0.1, 0.15) is 5.75 Å². The molecule has 27 heavy (non-hydrogen) atoms. The van der Waals surface area contributed by atoms with Crippen molar-refractivity contribution in [3.63, 3.8) is 0 Å². The summed E-state index contributed by atoms with van der Waals surface area (Å²) in [6.07, 6.45) is 3.12. The molecule has 0 spiro atoms. The van der Waals surface area contributed by atoms with Crippen molar-refractivity contribution in [2.24, 2.45) is 0 Å². The third-order valence-corrected chi connectivity index (χ3v) is 5.29. The van der Waals surface area contributed by atoms with Gasteiger partial charge in [-0.15, -0.1) is 0 Å². The topological polar surface area (TPSA) is 95.9 Å². The summed E-state index contributed by atoms with van der Waals surface area (Å²) < 4.78 is 28.5. The van der Waals surface area contributed by atoms with E-state index >= 15 is 0 Å².